The predicted octanol–water partition coefficient (Wildman–Crippen LogP) is 5.02. The summed E-state index contributed by atoms with van der Waals surface area (Å²) in [5.41, 5.74) is 2.81. The van der Waals surface area contributed by atoms with E-state index in [1.165, 1.54) is 6.92 Å². The van der Waals surface area contributed by atoms with Crippen LogP contribution in [0.5, 0.6) is 0 Å². The summed E-state index contributed by atoms with van der Waals surface area (Å²) in [6.45, 7) is 13.0. The molecule has 6 atom stereocenters. The molecule has 0 radical (unpaired) electrons. The van der Waals surface area contributed by atoms with Crippen LogP contribution in [0.1, 0.15) is 74.1 Å². The molecular weight excluding hydrogens is 432 g/mol. The number of ketones is 1. The van der Waals surface area contributed by atoms with Crippen molar-refractivity contribution in [2.75, 3.05) is 0 Å². The molecule has 1 fully saturated rings. The number of ether oxygens (including phenoxy) is 2. The molecule has 0 bridgehead atoms. The van der Waals surface area contributed by atoms with Gasteiger partial charge in [-0.15, -0.1) is 0 Å². The summed E-state index contributed by atoms with van der Waals surface area (Å²) in [5, 5.41) is 10.4. The molecule has 6 heteroatoms. The number of carbonyl (C=O) groups excluding carboxylic acids is 3. The highest BCUT2D eigenvalue weighted by Gasteiger charge is 2.47. The van der Waals surface area contributed by atoms with Crippen molar-refractivity contribution in [2.45, 2.75) is 92.5 Å². The Morgan fingerprint density at radius 3 is 2.53 bits per heavy atom. The van der Waals surface area contributed by atoms with E-state index in [-0.39, 0.29) is 35.3 Å². The van der Waals surface area contributed by atoms with Gasteiger partial charge in [-0.2, -0.15) is 0 Å². The van der Waals surface area contributed by atoms with E-state index in [2.05, 4.69) is 13.8 Å². The number of hydrogen-bond donors (Lipinski definition) is 1. The van der Waals surface area contributed by atoms with Gasteiger partial charge in [-0.3, -0.25) is 14.4 Å². The molecule has 0 saturated heterocycles. The normalized spacial score (nSPS) is 27.7. The van der Waals surface area contributed by atoms with E-state index in [0.717, 1.165) is 23.1 Å². The van der Waals surface area contributed by atoms with Gasteiger partial charge < -0.3 is 14.6 Å². The zero-order chi connectivity index (χ0) is 25.6. The van der Waals surface area contributed by atoms with Crippen molar-refractivity contribution in [2.24, 2.45) is 17.3 Å². The molecule has 0 aliphatic heterocycles. The summed E-state index contributed by atoms with van der Waals surface area (Å²) in [4.78, 5) is 36.2. The summed E-state index contributed by atoms with van der Waals surface area (Å²) >= 11 is 0. The summed E-state index contributed by atoms with van der Waals surface area (Å²) in [7, 11) is 0. The van der Waals surface area contributed by atoms with Crippen LogP contribution in [0.15, 0.2) is 47.1 Å². The SMILES string of the molecule is CC(=O)O[C@H](C)C/C=C/C=C/[C@H](O)[C@H](C)C(=O)O[C@@H]1CCC2=CC(=O)C(=C(C)C)C[C@]2(C)[C@H]1C. The van der Waals surface area contributed by atoms with Gasteiger partial charge in [0, 0.05) is 19.3 Å². The number of allylic oxidation sites excluding steroid dienone is 6. The second-order valence-electron chi connectivity index (χ2n) is 10.2. The maximum Gasteiger partial charge on any atom is 0.311 e. The molecule has 34 heavy (non-hydrogen) atoms. The Balaban J connectivity index is 1.96. The largest absolute Gasteiger partial charge is 0.463 e. The molecule has 0 aromatic carbocycles. The molecule has 0 spiro atoms. The average Bonchev–Trinajstić information content (AvgIpc) is 2.75. The fourth-order valence-corrected chi connectivity index (χ4v) is 4.75. The van der Waals surface area contributed by atoms with E-state index in [4.69, 9.17) is 9.47 Å². The van der Waals surface area contributed by atoms with Crippen molar-refractivity contribution >= 4 is 17.7 Å². The molecule has 1 saturated carbocycles. The molecule has 0 heterocycles. The van der Waals surface area contributed by atoms with Crippen LogP contribution in [0.3, 0.4) is 0 Å². The van der Waals surface area contributed by atoms with Gasteiger partial charge in [-0.1, -0.05) is 49.3 Å². The van der Waals surface area contributed by atoms with Gasteiger partial charge in [0.05, 0.1) is 12.0 Å². The van der Waals surface area contributed by atoms with E-state index >= 15 is 0 Å². The molecule has 6 nitrogen and oxygen atoms in total. The molecule has 188 valence electrons. The Bertz CT molecular complexity index is 904. The van der Waals surface area contributed by atoms with Crippen molar-refractivity contribution in [3.8, 4) is 0 Å². The van der Waals surface area contributed by atoms with E-state index in [0.29, 0.717) is 19.3 Å². The van der Waals surface area contributed by atoms with E-state index in [1.54, 1.807) is 38.2 Å². The molecule has 2 aliphatic rings. The minimum Gasteiger partial charge on any atom is -0.463 e. The van der Waals surface area contributed by atoms with Crippen LogP contribution < -0.4 is 0 Å². The maximum atomic E-state index is 12.8. The Morgan fingerprint density at radius 1 is 1.24 bits per heavy atom. The van der Waals surface area contributed by atoms with Gasteiger partial charge in [0.2, 0.25) is 0 Å². The highest BCUT2D eigenvalue weighted by molar-refractivity contribution is 6.06. The minimum atomic E-state index is -0.974. The Labute approximate surface area is 203 Å². The smallest absolute Gasteiger partial charge is 0.311 e. The predicted molar refractivity (Wildman–Crippen MR) is 132 cm³/mol. The van der Waals surface area contributed by atoms with Crippen LogP contribution >= 0.6 is 0 Å². The van der Waals surface area contributed by atoms with Crippen LogP contribution in [0, 0.1) is 17.3 Å². The Hall–Kier alpha value is -2.47. The van der Waals surface area contributed by atoms with Crippen LogP contribution in [-0.2, 0) is 23.9 Å². The lowest BCUT2D eigenvalue weighted by atomic mass is 9.58. The lowest BCUT2D eigenvalue weighted by Crippen LogP contribution is -2.45. The molecule has 2 aliphatic carbocycles. The topological polar surface area (TPSA) is 89.9 Å². The summed E-state index contributed by atoms with van der Waals surface area (Å²) in [5.74, 6) is -1.29. The standard InChI is InChI=1S/C28H40O6/c1-17(2)23-16-28(7)20(5)26(14-13-22(28)15-25(23)31)34-27(32)19(4)24(30)12-10-8-9-11-18(3)33-21(6)29/h8-10,12,15,18-20,24,26,30H,11,13-14,16H2,1-7H3/b9-8+,12-10+/t18-,19+,20+,24+,26-,28-/m1/s1. The van der Waals surface area contributed by atoms with Gasteiger partial charge in [0.25, 0.3) is 0 Å². The average molecular weight is 473 g/mol. The van der Waals surface area contributed by atoms with E-state index in [1.807, 2.05) is 19.9 Å². The monoisotopic (exact) mass is 472 g/mol. The minimum absolute atomic E-state index is 0.0564. The van der Waals surface area contributed by atoms with Gasteiger partial charge in [-0.25, -0.2) is 0 Å². The van der Waals surface area contributed by atoms with E-state index in [9.17, 15) is 19.5 Å². The van der Waals surface area contributed by atoms with Crippen LogP contribution in [0.25, 0.3) is 0 Å². The van der Waals surface area contributed by atoms with Gasteiger partial charge >= 0.3 is 11.9 Å². The lowest BCUT2D eigenvalue weighted by molar-refractivity contribution is -0.163. The number of hydrogen-bond acceptors (Lipinski definition) is 6. The van der Waals surface area contributed by atoms with Crippen molar-refractivity contribution in [1.82, 2.24) is 0 Å². The third kappa shape index (κ3) is 6.78. The van der Waals surface area contributed by atoms with Crippen LogP contribution in [0.4, 0.5) is 0 Å². The first kappa shape index (κ1) is 27.8. The highest BCUT2D eigenvalue weighted by Crippen LogP contribution is 2.52. The number of aliphatic hydroxyl groups is 1. The van der Waals surface area contributed by atoms with Crippen LogP contribution in [-0.4, -0.2) is 41.1 Å². The van der Waals surface area contributed by atoms with Crippen molar-refractivity contribution in [3.63, 3.8) is 0 Å². The number of esters is 2. The van der Waals surface area contributed by atoms with Gasteiger partial charge in [0.1, 0.15) is 12.2 Å². The first-order valence-electron chi connectivity index (χ1n) is 12.2. The van der Waals surface area contributed by atoms with Crippen molar-refractivity contribution < 1.29 is 29.0 Å². The summed E-state index contributed by atoms with van der Waals surface area (Å²) in [6.07, 6.45) is 9.79. The molecule has 0 aromatic rings. The molecular formula is C28H40O6. The molecule has 0 amide bonds. The fourth-order valence-electron chi connectivity index (χ4n) is 4.75. The number of rotatable bonds is 8. The molecule has 1 N–H and O–H groups in total. The number of aliphatic hydroxyl groups excluding tert-OH is 1. The fraction of sp³-hybridized carbons (Fsp3) is 0.607. The van der Waals surface area contributed by atoms with Gasteiger partial charge in [0.15, 0.2) is 5.78 Å². The third-order valence-electron chi connectivity index (χ3n) is 7.29. The van der Waals surface area contributed by atoms with Crippen molar-refractivity contribution in [1.29, 1.82) is 0 Å². The van der Waals surface area contributed by atoms with Crippen molar-refractivity contribution in [3.05, 3.63) is 47.1 Å². The molecule has 2 rings (SSSR count). The first-order valence-corrected chi connectivity index (χ1v) is 12.2. The maximum absolute atomic E-state index is 12.8. The zero-order valence-corrected chi connectivity index (χ0v) is 21.6. The van der Waals surface area contributed by atoms with E-state index < -0.39 is 18.0 Å². The van der Waals surface area contributed by atoms with Crippen LogP contribution in [0.2, 0.25) is 0 Å². The lowest BCUT2D eigenvalue weighted by Gasteiger charge is -2.48. The molecule has 0 unspecified atom stereocenters. The zero-order valence-electron chi connectivity index (χ0n) is 21.6. The summed E-state index contributed by atoms with van der Waals surface area (Å²) < 4.78 is 10.9. The number of carbonyl (C=O) groups is 3. The second kappa shape index (κ2) is 11.8. The number of fused-ring (bicyclic) bond motifs is 1. The van der Waals surface area contributed by atoms with Gasteiger partial charge in [-0.05, 0) is 64.0 Å². The first-order chi connectivity index (χ1) is 15.9. The quantitative estimate of drug-likeness (QED) is 0.303. The molecule has 0 aromatic heterocycles. The Morgan fingerprint density at radius 2 is 1.91 bits per heavy atom. The second-order valence-corrected chi connectivity index (χ2v) is 10.2. The Kier molecular flexibility index (Phi) is 9.63. The third-order valence-corrected chi connectivity index (χ3v) is 7.29. The summed E-state index contributed by atoms with van der Waals surface area (Å²) in [6, 6.07) is 0. The highest BCUT2D eigenvalue weighted by atomic mass is 16.5.